The lowest BCUT2D eigenvalue weighted by molar-refractivity contribution is -0.144. The Morgan fingerprint density at radius 2 is 2.16 bits per heavy atom. The summed E-state index contributed by atoms with van der Waals surface area (Å²) in [5.74, 6) is -0.763. The number of aldehydes is 1. The fraction of sp³-hybridized carbons (Fsp3) is 0.308. The smallest absolute Gasteiger partial charge is 0.338 e. The first-order chi connectivity index (χ1) is 9.17. The van der Waals surface area contributed by atoms with Crippen LogP contribution in [-0.2, 0) is 20.7 Å². The van der Waals surface area contributed by atoms with E-state index in [9.17, 15) is 9.59 Å². The van der Waals surface area contributed by atoms with Gasteiger partial charge >= 0.3 is 5.97 Å². The maximum absolute atomic E-state index is 11.3. The molecule has 1 unspecified atom stereocenters. The van der Waals surface area contributed by atoms with Crippen LogP contribution in [0.25, 0.3) is 0 Å². The number of carbonyl (C=O) groups is 2. The zero-order chi connectivity index (χ0) is 14.1. The molecular weight excluding hydrogens is 246 g/mol. The zero-order valence-electron chi connectivity index (χ0n) is 10.3. The van der Waals surface area contributed by atoms with E-state index in [0.29, 0.717) is 12.7 Å². The summed E-state index contributed by atoms with van der Waals surface area (Å²) in [6, 6.07) is 10.4. The van der Waals surface area contributed by atoms with E-state index >= 15 is 0 Å². The molecule has 0 aliphatic heterocycles. The summed E-state index contributed by atoms with van der Waals surface area (Å²) < 4.78 is 4.55. The molecule has 19 heavy (non-hydrogen) atoms. The first kappa shape index (κ1) is 14.8. The van der Waals surface area contributed by atoms with Gasteiger partial charge in [0.15, 0.2) is 12.8 Å². The minimum Gasteiger partial charge on any atom is -0.448 e. The van der Waals surface area contributed by atoms with E-state index in [-0.39, 0.29) is 6.61 Å². The van der Waals surface area contributed by atoms with Gasteiger partial charge in [-0.05, 0) is 12.0 Å². The van der Waals surface area contributed by atoms with Crippen molar-refractivity contribution in [1.82, 2.24) is 5.32 Å². The van der Waals surface area contributed by atoms with Crippen LogP contribution in [0.4, 0.5) is 0 Å². The Balaban J connectivity index is 2.50. The highest BCUT2D eigenvalue weighted by atomic mass is 16.5. The second-order valence-electron chi connectivity index (χ2n) is 3.84. The molecule has 0 saturated carbocycles. The van der Waals surface area contributed by atoms with Crippen LogP contribution < -0.4 is 11.1 Å². The molecule has 0 fully saturated rings. The van der Waals surface area contributed by atoms with Gasteiger partial charge in [-0.15, -0.1) is 0 Å². The van der Waals surface area contributed by atoms with Gasteiger partial charge in [-0.1, -0.05) is 30.3 Å². The van der Waals surface area contributed by atoms with Gasteiger partial charge in [0.1, 0.15) is 12.4 Å². The number of rotatable bonds is 7. The van der Waals surface area contributed by atoms with E-state index in [1.165, 1.54) is 0 Å². The Morgan fingerprint density at radius 3 is 2.74 bits per heavy atom. The maximum atomic E-state index is 11.3. The molecule has 0 aliphatic carbocycles. The van der Waals surface area contributed by atoms with Crippen molar-refractivity contribution in [3.63, 3.8) is 0 Å². The van der Waals surface area contributed by atoms with Crippen molar-refractivity contribution in [1.29, 1.82) is 5.26 Å². The van der Waals surface area contributed by atoms with Gasteiger partial charge in [-0.25, -0.2) is 4.79 Å². The number of carbonyl (C=O) groups excluding carboxylic acids is 2. The summed E-state index contributed by atoms with van der Waals surface area (Å²) in [6.07, 6.45) is -0.0270. The summed E-state index contributed by atoms with van der Waals surface area (Å²) in [5, 5.41) is 10.9. The number of esters is 1. The van der Waals surface area contributed by atoms with Gasteiger partial charge in [-0.3, -0.25) is 5.32 Å². The summed E-state index contributed by atoms with van der Waals surface area (Å²) in [7, 11) is 0. The topological polar surface area (TPSA) is 105 Å². The minimum absolute atomic E-state index is 0.362. The fourth-order valence-corrected chi connectivity index (χ4v) is 1.51. The maximum Gasteiger partial charge on any atom is 0.338 e. The highest BCUT2D eigenvalue weighted by molar-refractivity contribution is 5.76. The van der Waals surface area contributed by atoms with Crippen LogP contribution in [0, 0.1) is 11.3 Å². The SMILES string of the molecule is N#CCOC(=O)C(N)N[C@H](C=O)Cc1ccccc1. The number of nitrogens with two attached hydrogens (primary N) is 1. The van der Waals surface area contributed by atoms with Crippen LogP contribution in [0.2, 0.25) is 0 Å². The number of nitriles is 1. The van der Waals surface area contributed by atoms with E-state index in [1.807, 2.05) is 30.3 Å². The Bertz CT molecular complexity index is 456. The Hall–Kier alpha value is -2.23. The fourth-order valence-electron chi connectivity index (χ4n) is 1.51. The molecule has 0 radical (unpaired) electrons. The third-order valence-corrected chi connectivity index (χ3v) is 2.39. The predicted octanol–water partition coefficient (Wildman–Crippen LogP) is -0.262. The molecule has 6 heteroatoms. The number of benzene rings is 1. The summed E-state index contributed by atoms with van der Waals surface area (Å²) in [4.78, 5) is 22.3. The lowest BCUT2D eigenvalue weighted by Gasteiger charge is -2.17. The van der Waals surface area contributed by atoms with Crippen LogP contribution in [0.3, 0.4) is 0 Å². The summed E-state index contributed by atoms with van der Waals surface area (Å²) in [6.45, 7) is -0.362. The molecule has 0 aromatic heterocycles. The molecule has 1 rings (SSSR count). The van der Waals surface area contributed by atoms with Gasteiger partial charge < -0.3 is 15.3 Å². The third-order valence-electron chi connectivity index (χ3n) is 2.39. The molecule has 1 aromatic rings. The second-order valence-corrected chi connectivity index (χ2v) is 3.84. The molecule has 6 nitrogen and oxygen atoms in total. The third kappa shape index (κ3) is 5.29. The molecule has 0 saturated heterocycles. The van der Waals surface area contributed by atoms with Crippen LogP contribution >= 0.6 is 0 Å². The molecule has 100 valence electrons. The summed E-state index contributed by atoms with van der Waals surface area (Å²) >= 11 is 0. The normalized spacial score (nSPS) is 13.1. The van der Waals surface area contributed by atoms with Crippen LogP contribution in [0.15, 0.2) is 30.3 Å². The number of hydrogen-bond acceptors (Lipinski definition) is 6. The average molecular weight is 261 g/mol. The van der Waals surface area contributed by atoms with Crippen molar-refractivity contribution in [2.24, 2.45) is 5.73 Å². The monoisotopic (exact) mass is 261 g/mol. The van der Waals surface area contributed by atoms with E-state index in [2.05, 4.69) is 10.1 Å². The number of hydrogen-bond donors (Lipinski definition) is 2. The van der Waals surface area contributed by atoms with Crippen molar-refractivity contribution in [3.8, 4) is 6.07 Å². The Labute approximate surface area is 111 Å². The number of nitrogens with zero attached hydrogens (tertiary/aromatic N) is 1. The van der Waals surface area contributed by atoms with Crippen molar-refractivity contribution in [3.05, 3.63) is 35.9 Å². The largest absolute Gasteiger partial charge is 0.448 e. The van der Waals surface area contributed by atoms with E-state index in [1.54, 1.807) is 6.07 Å². The van der Waals surface area contributed by atoms with Gasteiger partial charge in [-0.2, -0.15) is 5.26 Å². The molecule has 2 atom stereocenters. The predicted molar refractivity (Wildman–Crippen MR) is 67.7 cm³/mol. The second kappa shape index (κ2) is 7.97. The van der Waals surface area contributed by atoms with E-state index < -0.39 is 18.2 Å². The standard InChI is InChI=1S/C13H15N3O3/c14-6-7-19-13(18)12(15)16-11(9-17)8-10-4-2-1-3-5-10/h1-5,9,11-12,16H,7-8,15H2/t11-,12?/m0/s1. The molecule has 0 heterocycles. The average Bonchev–Trinajstić information content (AvgIpc) is 2.44. The van der Waals surface area contributed by atoms with Gasteiger partial charge in [0.05, 0.1) is 6.04 Å². The van der Waals surface area contributed by atoms with E-state index in [0.717, 1.165) is 5.56 Å². The van der Waals surface area contributed by atoms with Gasteiger partial charge in [0.25, 0.3) is 0 Å². The molecule has 0 spiro atoms. The van der Waals surface area contributed by atoms with Crippen LogP contribution in [0.5, 0.6) is 0 Å². The lowest BCUT2D eigenvalue weighted by atomic mass is 10.1. The Morgan fingerprint density at radius 1 is 1.47 bits per heavy atom. The molecule has 3 N–H and O–H groups in total. The highest BCUT2D eigenvalue weighted by Gasteiger charge is 2.19. The van der Waals surface area contributed by atoms with Crippen molar-refractivity contribution in [2.75, 3.05) is 6.61 Å². The van der Waals surface area contributed by atoms with Crippen molar-refractivity contribution < 1.29 is 14.3 Å². The molecule has 1 aromatic carbocycles. The van der Waals surface area contributed by atoms with E-state index in [4.69, 9.17) is 11.0 Å². The number of nitrogens with one attached hydrogen (secondary N) is 1. The molecule has 0 bridgehead atoms. The van der Waals surface area contributed by atoms with Crippen LogP contribution in [0.1, 0.15) is 5.56 Å². The van der Waals surface area contributed by atoms with Gasteiger partial charge in [0.2, 0.25) is 0 Å². The molecular formula is C13H15N3O3. The van der Waals surface area contributed by atoms with Crippen molar-refractivity contribution >= 4 is 12.3 Å². The van der Waals surface area contributed by atoms with Crippen molar-refractivity contribution in [2.45, 2.75) is 18.6 Å². The van der Waals surface area contributed by atoms with Crippen LogP contribution in [-0.4, -0.2) is 31.1 Å². The first-order valence-electron chi connectivity index (χ1n) is 5.71. The number of ether oxygens (including phenoxy) is 1. The highest BCUT2D eigenvalue weighted by Crippen LogP contribution is 2.02. The minimum atomic E-state index is -1.13. The van der Waals surface area contributed by atoms with Gasteiger partial charge in [0, 0.05) is 0 Å². The quantitative estimate of drug-likeness (QED) is 0.398. The first-order valence-corrected chi connectivity index (χ1v) is 5.71. The zero-order valence-corrected chi connectivity index (χ0v) is 10.3. The summed E-state index contributed by atoms with van der Waals surface area (Å²) in [5.41, 5.74) is 6.48. The molecule has 0 aliphatic rings. The Kier molecular flexibility index (Phi) is 6.22. The molecule has 0 amide bonds. The lowest BCUT2D eigenvalue weighted by Crippen LogP contribution is -2.51.